The van der Waals surface area contributed by atoms with Crippen molar-refractivity contribution in [1.82, 2.24) is 10.2 Å². The standard InChI is InChI=1S/C16H10BrClN4O3S/c1-21(15(23)10-4-7-12(18)13(8-10)22(24)25)16-20-19-14(26-16)9-2-5-11(17)6-3-9/h2-8H,1H3. The van der Waals surface area contributed by atoms with Crippen molar-refractivity contribution < 1.29 is 9.72 Å². The zero-order chi connectivity index (χ0) is 18.8. The summed E-state index contributed by atoms with van der Waals surface area (Å²) in [5, 5.41) is 20.2. The van der Waals surface area contributed by atoms with E-state index in [0.717, 1.165) is 16.1 Å². The molecule has 0 bridgehead atoms. The maximum Gasteiger partial charge on any atom is 0.288 e. The van der Waals surface area contributed by atoms with Gasteiger partial charge in [-0.3, -0.25) is 19.8 Å². The number of rotatable bonds is 4. The molecule has 0 fully saturated rings. The molecular formula is C16H10BrClN4O3S. The van der Waals surface area contributed by atoms with Crippen LogP contribution in [0, 0.1) is 10.1 Å². The minimum absolute atomic E-state index is 0.0253. The van der Waals surface area contributed by atoms with Crippen LogP contribution in [0.15, 0.2) is 46.9 Å². The summed E-state index contributed by atoms with van der Waals surface area (Å²) in [7, 11) is 1.54. The van der Waals surface area contributed by atoms with E-state index in [1.807, 2.05) is 24.3 Å². The summed E-state index contributed by atoms with van der Waals surface area (Å²) in [6.07, 6.45) is 0. The van der Waals surface area contributed by atoms with Crippen LogP contribution in [0.4, 0.5) is 10.8 Å². The van der Waals surface area contributed by atoms with E-state index < -0.39 is 10.8 Å². The van der Waals surface area contributed by atoms with Crippen LogP contribution in [-0.2, 0) is 0 Å². The number of benzene rings is 2. The van der Waals surface area contributed by atoms with Crippen LogP contribution in [0.5, 0.6) is 0 Å². The zero-order valence-electron chi connectivity index (χ0n) is 13.2. The number of nitrogens with zero attached hydrogens (tertiary/aromatic N) is 4. The number of aromatic nitrogens is 2. The third-order valence-corrected chi connectivity index (χ3v) is 5.38. The van der Waals surface area contributed by atoms with Gasteiger partial charge in [0.05, 0.1) is 4.92 Å². The fraction of sp³-hybridized carbons (Fsp3) is 0.0625. The molecule has 0 atom stereocenters. The van der Waals surface area contributed by atoms with Gasteiger partial charge in [0.1, 0.15) is 10.0 Å². The van der Waals surface area contributed by atoms with Gasteiger partial charge in [0.25, 0.3) is 11.6 Å². The summed E-state index contributed by atoms with van der Waals surface area (Å²) in [6.45, 7) is 0. The van der Waals surface area contributed by atoms with E-state index in [4.69, 9.17) is 11.6 Å². The smallest absolute Gasteiger partial charge is 0.286 e. The molecule has 0 unspecified atom stereocenters. The fourth-order valence-corrected chi connectivity index (χ4v) is 3.39. The van der Waals surface area contributed by atoms with E-state index in [-0.39, 0.29) is 16.3 Å². The lowest BCUT2D eigenvalue weighted by Gasteiger charge is -2.13. The van der Waals surface area contributed by atoms with Crippen LogP contribution in [0.2, 0.25) is 5.02 Å². The van der Waals surface area contributed by atoms with Crippen LogP contribution < -0.4 is 4.90 Å². The van der Waals surface area contributed by atoms with Gasteiger partial charge < -0.3 is 0 Å². The highest BCUT2D eigenvalue weighted by molar-refractivity contribution is 9.10. The average Bonchev–Trinajstić information content (AvgIpc) is 3.11. The second kappa shape index (κ2) is 7.48. The van der Waals surface area contributed by atoms with Crippen molar-refractivity contribution in [1.29, 1.82) is 0 Å². The van der Waals surface area contributed by atoms with Crippen LogP contribution in [0.3, 0.4) is 0 Å². The molecule has 3 rings (SSSR count). The molecule has 132 valence electrons. The van der Waals surface area contributed by atoms with E-state index in [1.165, 1.54) is 35.4 Å². The van der Waals surface area contributed by atoms with Gasteiger partial charge in [0.15, 0.2) is 0 Å². The summed E-state index contributed by atoms with van der Waals surface area (Å²) in [6, 6.07) is 11.5. The first-order chi connectivity index (χ1) is 12.4. The summed E-state index contributed by atoms with van der Waals surface area (Å²) < 4.78 is 0.947. The predicted molar refractivity (Wildman–Crippen MR) is 104 cm³/mol. The normalized spacial score (nSPS) is 10.6. The van der Waals surface area contributed by atoms with E-state index >= 15 is 0 Å². The first-order valence-electron chi connectivity index (χ1n) is 7.18. The summed E-state index contributed by atoms with van der Waals surface area (Å²) in [5.41, 5.74) is 0.697. The van der Waals surface area contributed by atoms with Gasteiger partial charge in [-0.15, -0.1) is 10.2 Å². The number of hydrogen-bond acceptors (Lipinski definition) is 6. The van der Waals surface area contributed by atoms with Crippen LogP contribution in [0.25, 0.3) is 10.6 Å². The third-order valence-electron chi connectivity index (χ3n) is 3.49. The van der Waals surface area contributed by atoms with Gasteiger partial charge in [0, 0.05) is 28.7 Å². The molecule has 0 saturated carbocycles. The lowest BCUT2D eigenvalue weighted by molar-refractivity contribution is -0.384. The molecule has 0 aliphatic heterocycles. The van der Waals surface area contributed by atoms with Crippen molar-refractivity contribution in [2.75, 3.05) is 11.9 Å². The zero-order valence-corrected chi connectivity index (χ0v) is 16.4. The fourth-order valence-electron chi connectivity index (χ4n) is 2.13. The Morgan fingerprint density at radius 3 is 2.58 bits per heavy atom. The Hall–Kier alpha value is -2.36. The SMILES string of the molecule is CN(C(=O)c1ccc(Cl)c([N+](=O)[O-])c1)c1nnc(-c2ccc(Br)cc2)s1. The van der Waals surface area contributed by atoms with Crippen LogP contribution in [0.1, 0.15) is 10.4 Å². The summed E-state index contributed by atoms with van der Waals surface area (Å²) in [4.78, 5) is 24.3. The van der Waals surface area contributed by atoms with Crippen LogP contribution >= 0.6 is 38.9 Å². The molecular weight excluding hydrogens is 444 g/mol. The molecule has 3 aromatic rings. The molecule has 7 nitrogen and oxygen atoms in total. The molecule has 0 N–H and O–H groups in total. The van der Waals surface area contributed by atoms with Gasteiger partial charge in [0.2, 0.25) is 5.13 Å². The second-order valence-corrected chi connectivity index (χ2v) is 7.46. The van der Waals surface area contributed by atoms with Gasteiger partial charge in [-0.25, -0.2) is 0 Å². The van der Waals surface area contributed by atoms with Gasteiger partial charge in [-0.1, -0.05) is 51.0 Å². The van der Waals surface area contributed by atoms with E-state index in [9.17, 15) is 14.9 Å². The Labute approximate surface area is 165 Å². The Kier molecular flexibility index (Phi) is 5.30. The highest BCUT2D eigenvalue weighted by Gasteiger charge is 2.21. The Morgan fingerprint density at radius 1 is 1.23 bits per heavy atom. The maximum absolute atomic E-state index is 12.6. The Morgan fingerprint density at radius 2 is 1.92 bits per heavy atom. The number of carbonyl (C=O) groups is 1. The number of halogens is 2. The third kappa shape index (κ3) is 3.74. The summed E-state index contributed by atoms with van der Waals surface area (Å²) >= 11 is 10.4. The van der Waals surface area contributed by atoms with Crippen LogP contribution in [-0.4, -0.2) is 28.1 Å². The second-order valence-electron chi connectivity index (χ2n) is 5.18. The van der Waals surface area contributed by atoms with Crippen molar-refractivity contribution >= 4 is 55.6 Å². The number of nitro groups is 1. The lowest BCUT2D eigenvalue weighted by Crippen LogP contribution is -2.26. The van der Waals surface area contributed by atoms with Crippen molar-refractivity contribution in [3.8, 4) is 10.6 Å². The first kappa shape index (κ1) is 18.4. The molecule has 0 saturated heterocycles. The Bertz CT molecular complexity index is 993. The molecule has 26 heavy (non-hydrogen) atoms. The van der Waals surface area contributed by atoms with Gasteiger partial charge in [-0.2, -0.15) is 0 Å². The minimum Gasteiger partial charge on any atom is -0.286 e. The first-order valence-corrected chi connectivity index (χ1v) is 9.17. The predicted octanol–water partition coefficient (Wildman–Crippen LogP) is 4.81. The summed E-state index contributed by atoms with van der Waals surface area (Å²) in [5.74, 6) is -0.441. The molecule has 1 amide bonds. The number of amides is 1. The van der Waals surface area contributed by atoms with E-state index in [0.29, 0.717) is 10.1 Å². The number of nitro benzene ring substituents is 1. The van der Waals surface area contributed by atoms with E-state index in [2.05, 4.69) is 26.1 Å². The molecule has 0 radical (unpaired) electrons. The molecule has 0 aliphatic carbocycles. The lowest BCUT2D eigenvalue weighted by atomic mass is 10.2. The van der Waals surface area contributed by atoms with Crippen molar-refractivity contribution in [2.24, 2.45) is 0 Å². The quantitative estimate of drug-likeness (QED) is 0.418. The number of carbonyl (C=O) groups excluding carboxylic acids is 1. The van der Waals surface area contributed by atoms with Crippen molar-refractivity contribution in [3.63, 3.8) is 0 Å². The molecule has 1 aromatic heterocycles. The van der Waals surface area contributed by atoms with Crippen molar-refractivity contribution in [3.05, 3.63) is 67.6 Å². The number of hydrogen-bond donors (Lipinski definition) is 0. The van der Waals surface area contributed by atoms with Gasteiger partial charge in [-0.05, 0) is 24.3 Å². The molecule has 1 heterocycles. The highest BCUT2D eigenvalue weighted by atomic mass is 79.9. The van der Waals surface area contributed by atoms with E-state index in [1.54, 1.807) is 0 Å². The molecule has 10 heteroatoms. The topological polar surface area (TPSA) is 89.2 Å². The molecule has 0 spiro atoms. The Balaban J connectivity index is 1.86. The maximum atomic E-state index is 12.6. The largest absolute Gasteiger partial charge is 0.288 e. The van der Waals surface area contributed by atoms with Gasteiger partial charge >= 0.3 is 0 Å². The average molecular weight is 454 g/mol. The monoisotopic (exact) mass is 452 g/mol. The highest BCUT2D eigenvalue weighted by Crippen LogP contribution is 2.31. The molecule has 0 aliphatic rings. The van der Waals surface area contributed by atoms with Crippen molar-refractivity contribution in [2.45, 2.75) is 0 Å². The minimum atomic E-state index is -0.629. The molecule has 2 aromatic carbocycles. The number of anilines is 1.